The lowest BCUT2D eigenvalue weighted by Crippen LogP contribution is -2.14. The molecule has 0 N–H and O–H groups in total. The Bertz CT molecular complexity index is 2290. The summed E-state index contributed by atoms with van der Waals surface area (Å²) >= 11 is 0. The molecule has 0 saturated heterocycles. The summed E-state index contributed by atoms with van der Waals surface area (Å²) in [6, 6.07) is 52.9. The van der Waals surface area contributed by atoms with Crippen molar-refractivity contribution < 1.29 is 4.74 Å². The second-order valence-corrected chi connectivity index (χ2v) is 12.6. The van der Waals surface area contributed by atoms with Gasteiger partial charge in [-0.05, 0) is 103 Å². The van der Waals surface area contributed by atoms with Gasteiger partial charge < -0.3 is 4.74 Å². The molecule has 0 saturated carbocycles. The van der Waals surface area contributed by atoms with Crippen LogP contribution in [0.3, 0.4) is 0 Å². The molecule has 9 rings (SSSR count). The van der Waals surface area contributed by atoms with Crippen LogP contribution in [-0.4, -0.2) is 0 Å². The van der Waals surface area contributed by atoms with Crippen LogP contribution < -0.4 is 4.74 Å². The maximum Gasteiger partial charge on any atom is 0.135 e. The number of rotatable bonds is 2. The zero-order valence-corrected chi connectivity index (χ0v) is 24.8. The predicted molar refractivity (Wildman–Crippen MR) is 183 cm³/mol. The van der Waals surface area contributed by atoms with Gasteiger partial charge in [-0.25, -0.2) is 0 Å². The first-order valence-corrected chi connectivity index (χ1v) is 15.3. The van der Waals surface area contributed by atoms with Gasteiger partial charge in [0.1, 0.15) is 11.5 Å². The number of hydrogen-bond acceptors (Lipinski definition) is 1. The third-order valence-electron chi connectivity index (χ3n) is 9.69. The molecule has 0 amide bonds. The van der Waals surface area contributed by atoms with Crippen LogP contribution in [0.25, 0.3) is 66.4 Å². The topological polar surface area (TPSA) is 9.23 Å². The summed E-state index contributed by atoms with van der Waals surface area (Å²) in [4.78, 5) is 0. The van der Waals surface area contributed by atoms with Crippen molar-refractivity contribution in [3.8, 4) is 67.1 Å². The van der Waals surface area contributed by atoms with Crippen LogP contribution in [0.15, 0.2) is 146 Å². The molecule has 0 radical (unpaired) electrons. The van der Waals surface area contributed by atoms with E-state index in [9.17, 15) is 0 Å². The van der Waals surface area contributed by atoms with Crippen LogP contribution in [0, 0.1) is 0 Å². The summed E-state index contributed by atoms with van der Waals surface area (Å²) in [5.41, 5.74) is 14.9. The lowest BCUT2D eigenvalue weighted by molar-refractivity contribution is 0.488. The fourth-order valence-electron chi connectivity index (χ4n) is 7.34. The fourth-order valence-corrected chi connectivity index (χ4v) is 7.34. The molecule has 7 aromatic rings. The summed E-state index contributed by atoms with van der Waals surface area (Å²) in [5, 5.41) is 2.50. The predicted octanol–water partition coefficient (Wildman–Crippen LogP) is 11.9. The first-order valence-electron chi connectivity index (χ1n) is 15.3. The summed E-state index contributed by atoms with van der Waals surface area (Å²) in [5.74, 6) is 1.76. The Morgan fingerprint density at radius 3 is 1.57 bits per heavy atom. The minimum Gasteiger partial charge on any atom is -0.456 e. The summed E-state index contributed by atoms with van der Waals surface area (Å²) < 4.78 is 6.69. The largest absolute Gasteiger partial charge is 0.456 e. The van der Waals surface area contributed by atoms with Gasteiger partial charge in [0.15, 0.2) is 0 Å². The van der Waals surface area contributed by atoms with Gasteiger partial charge in [-0.2, -0.15) is 0 Å². The number of benzene rings is 7. The first-order chi connectivity index (χ1) is 21.5. The van der Waals surface area contributed by atoms with Gasteiger partial charge >= 0.3 is 0 Å². The number of fused-ring (bicyclic) bond motifs is 9. The molecular formula is C43H30O. The van der Waals surface area contributed by atoms with Crippen molar-refractivity contribution in [2.45, 2.75) is 19.3 Å². The van der Waals surface area contributed by atoms with Crippen LogP contribution in [0.1, 0.15) is 25.0 Å². The Labute approximate surface area is 258 Å². The molecule has 0 unspecified atom stereocenters. The second kappa shape index (κ2) is 9.30. The number of ether oxygens (including phenoxy) is 1. The highest BCUT2D eigenvalue weighted by atomic mass is 16.5. The Balaban J connectivity index is 1.16. The fraction of sp³-hybridized carbons (Fsp3) is 0.0698. The van der Waals surface area contributed by atoms with Crippen LogP contribution >= 0.6 is 0 Å². The van der Waals surface area contributed by atoms with Crippen LogP contribution in [0.2, 0.25) is 0 Å². The van der Waals surface area contributed by atoms with Crippen molar-refractivity contribution in [1.82, 2.24) is 0 Å². The molecule has 0 atom stereocenters. The molecule has 1 aliphatic heterocycles. The van der Waals surface area contributed by atoms with Gasteiger partial charge in [-0.3, -0.25) is 0 Å². The quantitative estimate of drug-likeness (QED) is 0.204. The summed E-state index contributed by atoms with van der Waals surface area (Å²) in [6.45, 7) is 4.68. The van der Waals surface area contributed by atoms with Gasteiger partial charge in [-0.15, -0.1) is 0 Å². The third-order valence-corrected chi connectivity index (χ3v) is 9.69. The Hall–Kier alpha value is -5.40. The van der Waals surface area contributed by atoms with Crippen molar-refractivity contribution >= 4 is 10.8 Å². The van der Waals surface area contributed by atoms with Crippen molar-refractivity contribution in [3.05, 3.63) is 157 Å². The van der Waals surface area contributed by atoms with E-state index < -0.39 is 0 Å². The molecule has 1 heterocycles. The standard InChI is InChI=1S/C43H30O/c1-43(2)39-14-8-7-13-35(39)36-20-17-32(26-40(36)43)31-19-22-42-38(25-31)34-12-6-5-11-33(34)37-24-30(18-21-41(37)44-42)29-16-15-27-9-3-4-10-28(27)23-29/h3-26H,1-2H3. The van der Waals surface area contributed by atoms with Crippen molar-refractivity contribution in [2.75, 3.05) is 0 Å². The molecule has 0 bridgehead atoms. The highest BCUT2D eigenvalue weighted by Crippen LogP contribution is 2.51. The highest BCUT2D eigenvalue weighted by molar-refractivity contribution is 5.95. The summed E-state index contributed by atoms with van der Waals surface area (Å²) in [7, 11) is 0. The molecule has 1 aliphatic carbocycles. The highest BCUT2D eigenvalue weighted by Gasteiger charge is 2.35. The van der Waals surface area contributed by atoms with Crippen molar-refractivity contribution in [3.63, 3.8) is 0 Å². The average Bonchev–Trinajstić information content (AvgIpc) is 3.21. The minimum absolute atomic E-state index is 0.0340. The second-order valence-electron chi connectivity index (χ2n) is 12.6. The van der Waals surface area contributed by atoms with Gasteiger partial charge in [-0.1, -0.05) is 123 Å². The van der Waals surface area contributed by atoms with Crippen molar-refractivity contribution in [2.24, 2.45) is 0 Å². The van der Waals surface area contributed by atoms with E-state index in [0.29, 0.717) is 0 Å². The van der Waals surface area contributed by atoms with Crippen LogP contribution in [-0.2, 0) is 5.41 Å². The normalized spacial score (nSPS) is 13.6. The zero-order chi connectivity index (χ0) is 29.4. The molecule has 2 aliphatic rings. The van der Waals surface area contributed by atoms with Gasteiger partial charge in [0, 0.05) is 16.5 Å². The maximum absolute atomic E-state index is 6.69. The third kappa shape index (κ3) is 3.72. The molecule has 208 valence electrons. The first kappa shape index (κ1) is 25.1. The molecule has 0 aromatic heterocycles. The van der Waals surface area contributed by atoms with E-state index in [0.717, 1.165) is 22.6 Å². The van der Waals surface area contributed by atoms with Gasteiger partial charge in [0.2, 0.25) is 0 Å². The maximum atomic E-state index is 6.69. The molecule has 0 spiro atoms. The molecule has 44 heavy (non-hydrogen) atoms. The molecule has 1 nitrogen and oxygen atoms in total. The molecular weight excluding hydrogens is 532 g/mol. The van der Waals surface area contributed by atoms with E-state index in [1.54, 1.807) is 0 Å². The van der Waals surface area contributed by atoms with E-state index in [2.05, 4.69) is 159 Å². The number of hydrogen-bond donors (Lipinski definition) is 0. The average molecular weight is 563 g/mol. The van der Waals surface area contributed by atoms with Gasteiger partial charge in [0.25, 0.3) is 0 Å². The van der Waals surface area contributed by atoms with Crippen LogP contribution in [0.4, 0.5) is 0 Å². The Morgan fingerprint density at radius 1 is 0.364 bits per heavy atom. The van der Waals surface area contributed by atoms with E-state index >= 15 is 0 Å². The van der Waals surface area contributed by atoms with E-state index in [4.69, 9.17) is 4.74 Å². The van der Waals surface area contributed by atoms with Gasteiger partial charge in [0.05, 0.1) is 0 Å². The minimum atomic E-state index is -0.0340. The summed E-state index contributed by atoms with van der Waals surface area (Å²) in [6.07, 6.45) is 0. The lowest BCUT2D eigenvalue weighted by Gasteiger charge is -2.22. The Morgan fingerprint density at radius 2 is 0.864 bits per heavy atom. The molecule has 7 aromatic carbocycles. The monoisotopic (exact) mass is 562 g/mol. The van der Waals surface area contributed by atoms with E-state index in [-0.39, 0.29) is 5.41 Å². The van der Waals surface area contributed by atoms with E-state index in [1.165, 1.54) is 66.4 Å². The Kier molecular flexibility index (Phi) is 5.31. The molecule has 1 heteroatoms. The van der Waals surface area contributed by atoms with E-state index in [1.807, 2.05) is 0 Å². The SMILES string of the molecule is CC1(C)c2ccccc2-c2ccc(-c3ccc4c(c3)-c3ccccc3-c3cc(-c5ccc6ccccc6c5)ccc3O4)cc21. The zero-order valence-electron chi connectivity index (χ0n) is 24.8. The van der Waals surface area contributed by atoms with Crippen molar-refractivity contribution in [1.29, 1.82) is 0 Å². The molecule has 0 fully saturated rings. The van der Waals surface area contributed by atoms with Crippen LogP contribution in [0.5, 0.6) is 11.5 Å². The smallest absolute Gasteiger partial charge is 0.135 e. The lowest BCUT2D eigenvalue weighted by atomic mass is 9.81.